The van der Waals surface area contributed by atoms with Crippen molar-refractivity contribution in [1.29, 1.82) is 0 Å². The van der Waals surface area contributed by atoms with Crippen LogP contribution in [0.15, 0.2) is 46.9 Å². The molecule has 0 aliphatic carbocycles. The molecule has 0 unspecified atom stereocenters. The number of benzene rings is 2. The van der Waals surface area contributed by atoms with E-state index >= 15 is 0 Å². The third-order valence-electron chi connectivity index (χ3n) is 3.92. The Labute approximate surface area is 152 Å². The molecule has 4 rings (SSSR count). The Morgan fingerprint density at radius 3 is 2.74 bits per heavy atom. The molecule has 116 valence electrons. The number of nitrogens with zero attached hydrogens (tertiary/aromatic N) is 2. The van der Waals surface area contributed by atoms with Crippen LogP contribution in [0.5, 0.6) is 0 Å². The first-order valence-corrected chi connectivity index (χ1v) is 8.76. The lowest BCUT2D eigenvalue weighted by atomic mass is 10.1. The van der Waals surface area contributed by atoms with Gasteiger partial charge in [-0.25, -0.2) is 4.68 Å². The second-order valence-electron chi connectivity index (χ2n) is 5.34. The smallest absolute Gasteiger partial charge is 0.133 e. The van der Waals surface area contributed by atoms with Crippen LogP contribution in [0.2, 0.25) is 10.0 Å². The molecule has 3 aromatic rings. The first kappa shape index (κ1) is 15.1. The highest BCUT2D eigenvalue weighted by molar-refractivity contribution is 9.10. The topological polar surface area (TPSA) is 29.9 Å². The van der Waals surface area contributed by atoms with E-state index in [0.29, 0.717) is 10.0 Å². The predicted molar refractivity (Wildman–Crippen MR) is 98.9 cm³/mol. The van der Waals surface area contributed by atoms with E-state index in [4.69, 9.17) is 28.3 Å². The highest BCUT2D eigenvalue weighted by Crippen LogP contribution is 2.39. The molecule has 23 heavy (non-hydrogen) atoms. The maximum Gasteiger partial charge on any atom is 0.133 e. The molecule has 2 aromatic carbocycles. The fourth-order valence-electron chi connectivity index (χ4n) is 2.87. The largest absolute Gasteiger partial charge is 0.369 e. The highest BCUT2D eigenvalue weighted by Gasteiger charge is 2.25. The van der Waals surface area contributed by atoms with Crippen molar-refractivity contribution in [3.63, 3.8) is 0 Å². The quantitative estimate of drug-likeness (QED) is 0.600. The summed E-state index contributed by atoms with van der Waals surface area (Å²) in [4.78, 5) is 0. The minimum absolute atomic E-state index is 0.615. The van der Waals surface area contributed by atoms with Crippen LogP contribution >= 0.6 is 39.1 Å². The van der Waals surface area contributed by atoms with Crippen molar-refractivity contribution >= 4 is 44.9 Å². The van der Waals surface area contributed by atoms with Crippen molar-refractivity contribution in [3.8, 4) is 16.9 Å². The summed E-state index contributed by atoms with van der Waals surface area (Å²) in [5.74, 6) is 1.03. The van der Waals surface area contributed by atoms with Gasteiger partial charge in [-0.05, 0) is 52.7 Å². The number of halogens is 3. The summed E-state index contributed by atoms with van der Waals surface area (Å²) in [6.45, 7) is 0.899. The van der Waals surface area contributed by atoms with Gasteiger partial charge in [-0.15, -0.1) is 0 Å². The molecular formula is C17H12BrCl2N3. The van der Waals surface area contributed by atoms with Crippen LogP contribution < -0.4 is 5.32 Å². The number of nitrogens with one attached hydrogen (secondary N) is 1. The van der Waals surface area contributed by atoms with E-state index < -0.39 is 0 Å². The summed E-state index contributed by atoms with van der Waals surface area (Å²) in [6.07, 6.45) is 0.925. The van der Waals surface area contributed by atoms with E-state index in [1.165, 1.54) is 5.56 Å². The van der Waals surface area contributed by atoms with Gasteiger partial charge < -0.3 is 5.32 Å². The summed E-state index contributed by atoms with van der Waals surface area (Å²) in [6, 6.07) is 13.5. The van der Waals surface area contributed by atoms with Crippen molar-refractivity contribution in [2.75, 3.05) is 11.9 Å². The van der Waals surface area contributed by atoms with Crippen molar-refractivity contribution < 1.29 is 0 Å². The molecule has 0 radical (unpaired) electrons. The van der Waals surface area contributed by atoms with E-state index in [1.54, 1.807) is 6.07 Å². The number of fused-ring (bicyclic) bond motifs is 1. The van der Waals surface area contributed by atoms with E-state index in [1.807, 2.05) is 41.1 Å². The fourth-order valence-corrected chi connectivity index (χ4v) is 3.82. The van der Waals surface area contributed by atoms with E-state index in [2.05, 4.69) is 21.2 Å². The number of hydrogen-bond donors (Lipinski definition) is 1. The SMILES string of the molecule is Clc1ccc(-c2nn(-c3ccccc3Br)c3c2CCN3)c(Cl)c1. The molecule has 3 nitrogen and oxygen atoms in total. The van der Waals surface area contributed by atoms with Crippen LogP contribution in [0.1, 0.15) is 5.56 Å². The molecular weight excluding hydrogens is 397 g/mol. The molecule has 1 aliphatic heterocycles. The first-order valence-electron chi connectivity index (χ1n) is 7.21. The maximum absolute atomic E-state index is 6.39. The second-order valence-corrected chi connectivity index (χ2v) is 7.04. The molecule has 0 atom stereocenters. The molecule has 6 heteroatoms. The van der Waals surface area contributed by atoms with Gasteiger partial charge in [0.15, 0.2) is 0 Å². The van der Waals surface area contributed by atoms with Gasteiger partial charge in [0, 0.05) is 27.2 Å². The number of para-hydroxylation sites is 1. The number of anilines is 1. The Morgan fingerprint density at radius 1 is 1.13 bits per heavy atom. The zero-order chi connectivity index (χ0) is 16.0. The Hall–Kier alpha value is -1.49. The van der Waals surface area contributed by atoms with Crippen molar-refractivity contribution in [2.24, 2.45) is 0 Å². The molecule has 0 spiro atoms. The minimum atomic E-state index is 0.615. The average molecular weight is 409 g/mol. The van der Waals surface area contributed by atoms with Crippen LogP contribution in [0.25, 0.3) is 16.9 Å². The zero-order valence-electron chi connectivity index (χ0n) is 12.0. The molecule has 1 aliphatic rings. The van der Waals surface area contributed by atoms with E-state index in [0.717, 1.165) is 40.2 Å². The van der Waals surface area contributed by atoms with Gasteiger partial charge in [0.25, 0.3) is 0 Å². The zero-order valence-corrected chi connectivity index (χ0v) is 15.1. The minimum Gasteiger partial charge on any atom is -0.369 e. The average Bonchev–Trinajstić information content (AvgIpc) is 3.11. The second kappa shape index (κ2) is 5.86. The van der Waals surface area contributed by atoms with E-state index in [-0.39, 0.29) is 0 Å². The molecule has 0 amide bonds. The van der Waals surface area contributed by atoms with Gasteiger partial charge >= 0.3 is 0 Å². The molecule has 0 saturated carbocycles. The summed E-state index contributed by atoms with van der Waals surface area (Å²) >= 11 is 16.0. The summed E-state index contributed by atoms with van der Waals surface area (Å²) in [5, 5.41) is 9.48. The molecule has 0 fully saturated rings. The van der Waals surface area contributed by atoms with Gasteiger partial charge in [-0.1, -0.05) is 35.3 Å². The van der Waals surface area contributed by atoms with Gasteiger partial charge in [0.05, 0.1) is 16.4 Å². The number of rotatable bonds is 2. The van der Waals surface area contributed by atoms with Crippen LogP contribution in [-0.4, -0.2) is 16.3 Å². The van der Waals surface area contributed by atoms with Crippen molar-refractivity contribution in [1.82, 2.24) is 9.78 Å². The van der Waals surface area contributed by atoms with Crippen LogP contribution in [-0.2, 0) is 6.42 Å². The van der Waals surface area contributed by atoms with Crippen LogP contribution in [0, 0.1) is 0 Å². The third kappa shape index (κ3) is 2.55. The molecule has 1 N–H and O–H groups in total. The Balaban J connectivity index is 1.94. The Bertz CT molecular complexity index is 905. The van der Waals surface area contributed by atoms with Crippen molar-refractivity contribution in [2.45, 2.75) is 6.42 Å². The van der Waals surface area contributed by atoms with Gasteiger partial charge in [0.1, 0.15) is 5.82 Å². The predicted octanol–water partition coefficient (Wildman–Crippen LogP) is 5.58. The molecule has 2 heterocycles. The standard InChI is InChI=1S/C17H12BrCl2N3/c18-13-3-1-2-4-15(13)23-17-12(7-8-21-17)16(22-23)11-6-5-10(19)9-14(11)20/h1-6,9,21H,7-8H2. The molecule has 0 bridgehead atoms. The third-order valence-corrected chi connectivity index (χ3v) is 5.14. The maximum atomic E-state index is 6.39. The van der Waals surface area contributed by atoms with Crippen LogP contribution in [0.4, 0.5) is 5.82 Å². The van der Waals surface area contributed by atoms with Crippen molar-refractivity contribution in [3.05, 3.63) is 62.5 Å². The first-order chi connectivity index (χ1) is 11.1. The lowest BCUT2D eigenvalue weighted by Gasteiger charge is -2.08. The fraction of sp³-hybridized carbons (Fsp3) is 0.118. The lowest BCUT2D eigenvalue weighted by molar-refractivity contribution is 0.878. The molecule has 1 aromatic heterocycles. The number of aromatic nitrogens is 2. The Kier molecular flexibility index (Phi) is 3.84. The molecule has 0 saturated heterocycles. The van der Waals surface area contributed by atoms with Gasteiger partial charge in [-0.3, -0.25) is 0 Å². The highest BCUT2D eigenvalue weighted by atomic mass is 79.9. The lowest BCUT2D eigenvalue weighted by Crippen LogP contribution is -2.04. The van der Waals surface area contributed by atoms with Gasteiger partial charge in [-0.2, -0.15) is 5.10 Å². The number of hydrogen-bond acceptors (Lipinski definition) is 2. The Morgan fingerprint density at radius 2 is 1.96 bits per heavy atom. The summed E-state index contributed by atoms with van der Waals surface area (Å²) in [7, 11) is 0. The monoisotopic (exact) mass is 407 g/mol. The van der Waals surface area contributed by atoms with Crippen LogP contribution in [0.3, 0.4) is 0 Å². The summed E-state index contributed by atoms with van der Waals surface area (Å²) in [5.41, 5.74) is 3.99. The summed E-state index contributed by atoms with van der Waals surface area (Å²) < 4.78 is 2.93. The normalized spacial score (nSPS) is 13.0. The van der Waals surface area contributed by atoms with E-state index in [9.17, 15) is 0 Å². The van der Waals surface area contributed by atoms with Gasteiger partial charge in [0.2, 0.25) is 0 Å².